The van der Waals surface area contributed by atoms with Gasteiger partial charge in [0.2, 0.25) is 0 Å². The molecule has 0 aliphatic carbocycles. The van der Waals surface area contributed by atoms with Crippen LogP contribution in [0, 0.1) is 6.92 Å². The molecule has 0 saturated carbocycles. The lowest BCUT2D eigenvalue weighted by atomic mass is 10.1. The van der Waals surface area contributed by atoms with E-state index in [4.69, 9.17) is 5.73 Å². The summed E-state index contributed by atoms with van der Waals surface area (Å²) < 4.78 is 0. The first-order valence-corrected chi connectivity index (χ1v) is 5.79. The summed E-state index contributed by atoms with van der Waals surface area (Å²) in [7, 11) is 0. The van der Waals surface area contributed by atoms with E-state index in [0.29, 0.717) is 11.5 Å². The van der Waals surface area contributed by atoms with Crippen molar-refractivity contribution in [3.05, 3.63) is 29.3 Å². The minimum atomic E-state index is 0.575. The molecular formula is C11H10N4S. The maximum absolute atomic E-state index is 5.88. The SMILES string of the molecule is Cc1cc(-c2cccs2)c2c(N)[nH]nc2n1. The summed E-state index contributed by atoms with van der Waals surface area (Å²) in [5.41, 5.74) is 8.61. The van der Waals surface area contributed by atoms with Crippen LogP contribution in [-0.2, 0) is 0 Å². The molecule has 0 aliphatic rings. The van der Waals surface area contributed by atoms with Crippen molar-refractivity contribution in [2.45, 2.75) is 6.92 Å². The highest BCUT2D eigenvalue weighted by atomic mass is 32.1. The van der Waals surface area contributed by atoms with Crippen LogP contribution in [0.3, 0.4) is 0 Å². The molecule has 4 nitrogen and oxygen atoms in total. The average Bonchev–Trinajstić information content (AvgIpc) is 2.87. The first-order valence-electron chi connectivity index (χ1n) is 4.91. The Morgan fingerprint density at radius 3 is 3.06 bits per heavy atom. The molecule has 16 heavy (non-hydrogen) atoms. The Hall–Kier alpha value is -1.88. The molecule has 0 unspecified atom stereocenters. The van der Waals surface area contributed by atoms with Crippen LogP contribution in [0.25, 0.3) is 21.5 Å². The van der Waals surface area contributed by atoms with E-state index in [9.17, 15) is 0 Å². The van der Waals surface area contributed by atoms with Gasteiger partial charge in [0.1, 0.15) is 5.82 Å². The Balaban J connectivity index is 2.42. The van der Waals surface area contributed by atoms with E-state index in [0.717, 1.165) is 16.6 Å². The molecule has 0 fully saturated rings. The molecule has 0 amide bonds. The van der Waals surface area contributed by atoms with Crippen molar-refractivity contribution in [1.29, 1.82) is 0 Å². The zero-order chi connectivity index (χ0) is 11.1. The summed E-state index contributed by atoms with van der Waals surface area (Å²) in [5.74, 6) is 0.575. The lowest BCUT2D eigenvalue weighted by Crippen LogP contribution is -1.88. The van der Waals surface area contributed by atoms with Crippen molar-refractivity contribution in [1.82, 2.24) is 15.2 Å². The summed E-state index contributed by atoms with van der Waals surface area (Å²) in [6.45, 7) is 1.96. The number of hydrogen-bond donors (Lipinski definition) is 2. The summed E-state index contributed by atoms with van der Waals surface area (Å²) in [6, 6.07) is 6.14. The molecule has 0 bridgehead atoms. The molecule has 3 N–H and O–H groups in total. The van der Waals surface area contributed by atoms with E-state index in [2.05, 4.69) is 21.2 Å². The number of aryl methyl sites for hydroxylation is 1. The predicted molar refractivity (Wildman–Crippen MR) is 66.4 cm³/mol. The van der Waals surface area contributed by atoms with Crippen LogP contribution in [0.2, 0.25) is 0 Å². The van der Waals surface area contributed by atoms with E-state index in [-0.39, 0.29) is 0 Å². The van der Waals surface area contributed by atoms with Gasteiger partial charge in [-0.25, -0.2) is 4.98 Å². The number of anilines is 1. The normalized spacial score (nSPS) is 11.1. The monoisotopic (exact) mass is 230 g/mol. The Bertz CT molecular complexity index is 639. The average molecular weight is 230 g/mol. The topological polar surface area (TPSA) is 67.6 Å². The van der Waals surface area contributed by atoms with Crippen LogP contribution in [0.1, 0.15) is 5.69 Å². The van der Waals surface area contributed by atoms with Gasteiger partial charge in [0.25, 0.3) is 0 Å². The summed E-state index contributed by atoms with van der Waals surface area (Å²) in [4.78, 5) is 5.53. The zero-order valence-electron chi connectivity index (χ0n) is 8.69. The minimum absolute atomic E-state index is 0.575. The van der Waals surface area contributed by atoms with Gasteiger partial charge in [0, 0.05) is 16.1 Å². The standard InChI is InChI=1S/C11H10N4S/c1-6-5-7(8-3-2-4-16-8)9-10(12)14-15-11(9)13-6/h2-5H,1H3,(H3,12,13,14,15). The molecule has 0 saturated heterocycles. The Labute approximate surface area is 96.1 Å². The zero-order valence-corrected chi connectivity index (χ0v) is 9.51. The van der Waals surface area contributed by atoms with Crippen LogP contribution in [-0.4, -0.2) is 15.2 Å². The van der Waals surface area contributed by atoms with Crippen LogP contribution >= 0.6 is 11.3 Å². The highest BCUT2D eigenvalue weighted by Gasteiger charge is 2.12. The largest absolute Gasteiger partial charge is 0.383 e. The number of nitrogens with zero attached hydrogens (tertiary/aromatic N) is 2. The number of aromatic nitrogens is 3. The van der Waals surface area contributed by atoms with Crippen molar-refractivity contribution in [2.24, 2.45) is 0 Å². The van der Waals surface area contributed by atoms with E-state index in [1.165, 1.54) is 4.88 Å². The number of H-pyrrole nitrogens is 1. The second-order valence-corrected chi connectivity index (χ2v) is 4.57. The maximum atomic E-state index is 5.88. The molecule has 0 aliphatic heterocycles. The molecule has 3 heterocycles. The van der Waals surface area contributed by atoms with Crippen molar-refractivity contribution in [2.75, 3.05) is 5.73 Å². The van der Waals surface area contributed by atoms with Crippen LogP contribution in [0.5, 0.6) is 0 Å². The first kappa shape index (κ1) is 9.35. The number of nitrogen functional groups attached to an aromatic ring is 1. The van der Waals surface area contributed by atoms with Gasteiger partial charge in [-0.05, 0) is 24.4 Å². The summed E-state index contributed by atoms with van der Waals surface area (Å²) >= 11 is 1.69. The maximum Gasteiger partial charge on any atom is 0.184 e. The summed E-state index contributed by atoms with van der Waals surface area (Å²) in [6.07, 6.45) is 0. The molecule has 0 aromatic carbocycles. The van der Waals surface area contributed by atoms with Gasteiger partial charge in [0.05, 0.1) is 5.39 Å². The van der Waals surface area contributed by atoms with Crippen molar-refractivity contribution in [3.8, 4) is 10.4 Å². The van der Waals surface area contributed by atoms with Gasteiger partial charge in [-0.15, -0.1) is 11.3 Å². The smallest absolute Gasteiger partial charge is 0.184 e. The quantitative estimate of drug-likeness (QED) is 0.675. The number of rotatable bonds is 1. The Morgan fingerprint density at radius 1 is 1.44 bits per heavy atom. The number of aromatic amines is 1. The van der Waals surface area contributed by atoms with Gasteiger partial charge in [-0.1, -0.05) is 6.07 Å². The third-order valence-corrected chi connectivity index (χ3v) is 3.37. The second-order valence-electron chi connectivity index (χ2n) is 3.62. The van der Waals surface area contributed by atoms with E-state index < -0.39 is 0 Å². The van der Waals surface area contributed by atoms with Gasteiger partial charge in [-0.2, -0.15) is 5.10 Å². The third-order valence-electron chi connectivity index (χ3n) is 2.47. The van der Waals surface area contributed by atoms with E-state index in [1.807, 2.05) is 24.4 Å². The van der Waals surface area contributed by atoms with E-state index >= 15 is 0 Å². The molecule has 0 radical (unpaired) electrons. The van der Waals surface area contributed by atoms with Crippen LogP contribution < -0.4 is 5.73 Å². The molecule has 5 heteroatoms. The number of thiophene rings is 1. The van der Waals surface area contributed by atoms with Crippen LogP contribution in [0.15, 0.2) is 23.6 Å². The minimum Gasteiger partial charge on any atom is -0.383 e. The van der Waals surface area contributed by atoms with Gasteiger partial charge in [-0.3, -0.25) is 5.10 Å². The van der Waals surface area contributed by atoms with Crippen molar-refractivity contribution in [3.63, 3.8) is 0 Å². The first-order chi connectivity index (χ1) is 7.75. The Kier molecular flexibility index (Phi) is 1.94. The Morgan fingerprint density at radius 2 is 2.31 bits per heavy atom. The molecule has 80 valence electrons. The van der Waals surface area contributed by atoms with Gasteiger partial charge >= 0.3 is 0 Å². The molecular weight excluding hydrogens is 220 g/mol. The number of nitrogens with one attached hydrogen (secondary N) is 1. The molecule has 0 spiro atoms. The number of nitrogens with two attached hydrogens (primary N) is 1. The number of pyridine rings is 1. The highest BCUT2D eigenvalue weighted by Crippen LogP contribution is 2.33. The number of hydrogen-bond acceptors (Lipinski definition) is 4. The predicted octanol–water partition coefficient (Wildman–Crippen LogP) is 2.58. The fraction of sp³-hybridized carbons (Fsp3) is 0.0909. The fourth-order valence-electron chi connectivity index (χ4n) is 1.80. The highest BCUT2D eigenvalue weighted by molar-refractivity contribution is 7.13. The lowest BCUT2D eigenvalue weighted by Gasteiger charge is -2.01. The third kappa shape index (κ3) is 1.29. The van der Waals surface area contributed by atoms with Gasteiger partial charge in [0.15, 0.2) is 5.65 Å². The number of fused-ring (bicyclic) bond motifs is 1. The molecule has 0 atom stereocenters. The van der Waals surface area contributed by atoms with Crippen molar-refractivity contribution < 1.29 is 0 Å². The molecule has 3 aromatic heterocycles. The van der Waals surface area contributed by atoms with Crippen molar-refractivity contribution >= 4 is 28.2 Å². The molecule has 3 aromatic rings. The summed E-state index contributed by atoms with van der Waals surface area (Å²) in [5, 5.41) is 9.83. The molecule has 3 rings (SSSR count). The van der Waals surface area contributed by atoms with Gasteiger partial charge < -0.3 is 5.73 Å². The van der Waals surface area contributed by atoms with Crippen LogP contribution in [0.4, 0.5) is 5.82 Å². The fourth-order valence-corrected chi connectivity index (χ4v) is 2.55. The van der Waals surface area contributed by atoms with E-state index in [1.54, 1.807) is 11.3 Å². The lowest BCUT2D eigenvalue weighted by molar-refractivity contribution is 1.09. The second kappa shape index (κ2) is 3.31.